The normalized spacial score (nSPS) is 11.9. The van der Waals surface area contributed by atoms with Crippen LogP contribution < -0.4 is 0 Å². The van der Waals surface area contributed by atoms with Crippen molar-refractivity contribution in [1.29, 1.82) is 0 Å². The van der Waals surface area contributed by atoms with Crippen LogP contribution in [-0.2, 0) is 0 Å². The zero-order valence-corrected chi connectivity index (χ0v) is 31.9. The molecule has 0 spiro atoms. The summed E-state index contributed by atoms with van der Waals surface area (Å²) in [6.07, 6.45) is 0. The molecule has 0 saturated carbocycles. The lowest BCUT2D eigenvalue weighted by molar-refractivity contribution is 1.68. The predicted molar refractivity (Wildman–Crippen MR) is 246 cm³/mol. The van der Waals surface area contributed by atoms with Crippen LogP contribution >= 0.6 is 22.7 Å². The van der Waals surface area contributed by atoms with Crippen LogP contribution in [0.4, 0.5) is 0 Å². The molecule has 0 bridgehead atoms. The first-order chi connectivity index (χ1) is 27.8. The second-order valence-corrected chi connectivity index (χ2v) is 16.9. The summed E-state index contributed by atoms with van der Waals surface area (Å²) in [6, 6.07) is 72.2. The molecular weight excluding hydrogens is 713 g/mol. The topological polar surface area (TPSA) is 0 Å². The zero-order valence-electron chi connectivity index (χ0n) is 30.3. The van der Waals surface area contributed by atoms with E-state index in [1.54, 1.807) is 0 Å². The van der Waals surface area contributed by atoms with Crippen LogP contribution in [0, 0.1) is 0 Å². The van der Waals surface area contributed by atoms with E-state index in [9.17, 15) is 0 Å². The van der Waals surface area contributed by atoms with Gasteiger partial charge in [0.25, 0.3) is 0 Å². The number of fused-ring (bicyclic) bond motifs is 7. The van der Waals surface area contributed by atoms with E-state index in [1.807, 2.05) is 22.7 Å². The second kappa shape index (κ2) is 12.5. The number of thiophene rings is 2. The van der Waals surface area contributed by atoms with E-state index in [-0.39, 0.29) is 0 Å². The van der Waals surface area contributed by atoms with Gasteiger partial charge in [0.15, 0.2) is 0 Å². The molecule has 0 amide bonds. The van der Waals surface area contributed by atoms with E-state index in [4.69, 9.17) is 0 Å². The minimum Gasteiger partial charge on any atom is -0.135 e. The SMILES string of the molecule is c1ccc2sc(-c3c4ccccc4c(-c4cccc5c(-c6c7ccccc7c(-c7cc8ccccc8s7)c7ccccc67)cccc45)c4ccccc34)cc2c1. The van der Waals surface area contributed by atoms with Crippen LogP contribution in [0.2, 0.25) is 0 Å². The fraction of sp³-hybridized carbons (Fsp3) is 0. The standard InChI is InChI=1S/C54H32S2/c1-11-29-47-33(15-1)31-49(55-47)53-43-21-7-3-17-39(43)51(40-18-4-8-22-44(40)53)37-27-13-26-36-35(37)25-14-28-38(36)52-41-19-5-9-23-45(41)54(46-24-10-6-20-42(46)52)50-32-34-16-2-12-30-48(34)56-50/h1-32H. The Hall–Kier alpha value is -6.58. The Bertz CT molecular complexity index is 3130. The van der Waals surface area contributed by atoms with E-state index in [2.05, 4.69) is 194 Å². The maximum Gasteiger partial charge on any atom is 0.0367 e. The quantitative estimate of drug-likeness (QED) is 0.157. The van der Waals surface area contributed by atoms with Gasteiger partial charge in [-0.25, -0.2) is 0 Å². The summed E-state index contributed by atoms with van der Waals surface area (Å²) >= 11 is 3.77. The van der Waals surface area contributed by atoms with E-state index < -0.39 is 0 Å². The summed E-state index contributed by atoms with van der Waals surface area (Å²) in [5.74, 6) is 0. The van der Waals surface area contributed by atoms with E-state index in [0.717, 1.165) is 0 Å². The van der Waals surface area contributed by atoms with Crippen molar-refractivity contribution in [1.82, 2.24) is 0 Å². The van der Waals surface area contributed by atoms with Gasteiger partial charge in [0.2, 0.25) is 0 Å². The third-order valence-corrected chi connectivity index (χ3v) is 13.9. The Kier molecular flexibility index (Phi) is 7.07. The lowest BCUT2D eigenvalue weighted by atomic mass is 9.83. The fourth-order valence-corrected chi connectivity index (χ4v) is 11.6. The number of benzene rings is 10. The fourth-order valence-electron chi connectivity index (χ4n) is 9.32. The molecule has 0 aliphatic heterocycles. The number of hydrogen-bond donors (Lipinski definition) is 0. The first-order valence-electron chi connectivity index (χ1n) is 19.2. The average Bonchev–Trinajstić information content (AvgIpc) is 3.89. The van der Waals surface area contributed by atoms with Gasteiger partial charge in [0.1, 0.15) is 0 Å². The molecule has 0 atom stereocenters. The highest BCUT2D eigenvalue weighted by Gasteiger charge is 2.22. The van der Waals surface area contributed by atoms with Crippen LogP contribution in [0.5, 0.6) is 0 Å². The summed E-state index contributed by atoms with van der Waals surface area (Å²) in [5.41, 5.74) is 7.74. The van der Waals surface area contributed by atoms with Gasteiger partial charge < -0.3 is 0 Å². The van der Waals surface area contributed by atoms with Gasteiger partial charge in [-0.2, -0.15) is 0 Å². The highest BCUT2D eigenvalue weighted by molar-refractivity contribution is 7.22. The first kappa shape index (κ1) is 31.7. The smallest absolute Gasteiger partial charge is 0.0367 e. The molecule has 0 unspecified atom stereocenters. The summed E-state index contributed by atoms with van der Waals surface area (Å²) in [4.78, 5) is 2.62. The average molecular weight is 745 g/mol. The molecule has 0 N–H and O–H groups in total. The molecule has 12 aromatic rings. The Morgan fingerprint density at radius 2 is 0.518 bits per heavy atom. The lowest BCUT2D eigenvalue weighted by Crippen LogP contribution is -1.93. The molecule has 12 rings (SSSR count). The molecule has 10 aromatic carbocycles. The molecule has 0 aliphatic rings. The largest absolute Gasteiger partial charge is 0.135 e. The van der Waals surface area contributed by atoms with Crippen molar-refractivity contribution in [2.75, 3.05) is 0 Å². The first-order valence-corrected chi connectivity index (χ1v) is 20.8. The third-order valence-electron chi connectivity index (χ3n) is 11.7. The Morgan fingerprint density at radius 3 is 0.857 bits per heavy atom. The highest BCUT2D eigenvalue weighted by Crippen LogP contribution is 2.50. The van der Waals surface area contributed by atoms with Crippen LogP contribution in [0.25, 0.3) is 117 Å². The van der Waals surface area contributed by atoms with Crippen molar-refractivity contribution in [3.05, 3.63) is 194 Å². The van der Waals surface area contributed by atoms with Gasteiger partial charge >= 0.3 is 0 Å². The predicted octanol–water partition coefficient (Wildman–Crippen LogP) is 16.5. The summed E-state index contributed by atoms with van der Waals surface area (Å²) in [6.45, 7) is 0. The zero-order chi connectivity index (χ0) is 36.7. The summed E-state index contributed by atoms with van der Waals surface area (Å²) < 4.78 is 2.64. The van der Waals surface area contributed by atoms with Gasteiger partial charge in [-0.3, -0.25) is 0 Å². The molecule has 56 heavy (non-hydrogen) atoms. The molecule has 2 aromatic heterocycles. The molecule has 0 saturated heterocycles. The molecular formula is C54H32S2. The molecule has 260 valence electrons. The minimum absolute atomic E-state index is 1.26. The van der Waals surface area contributed by atoms with Crippen molar-refractivity contribution in [3.8, 4) is 43.1 Å². The van der Waals surface area contributed by atoms with E-state index in [0.29, 0.717) is 0 Å². The maximum atomic E-state index is 2.37. The van der Waals surface area contributed by atoms with Crippen LogP contribution in [-0.4, -0.2) is 0 Å². The lowest BCUT2D eigenvalue weighted by Gasteiger charge is -2.20. The van der Waals surface area contributed by atoms with Gasteiger partial charge in [0, 0.05) is 30.3 Å². The van der Waals surface area contributed by atoms with Crippen molar-refractivity contribution in [2.45, 2.75) is 0 Å². The van der Waals surface area contributed by atoms with Crippen LogP contribution in [0.3, 0.4) is 0 Å². The van der Waals surface area contributed by atoms with E-state index in [1.165, 1.54) is 117 Å². The van der Waals surface area contributed by atoms with Crippen molar-refractivity contribution < 1.29 is 0 Å². The van der Waals surface area contributed by atoms with Gasteiger partial charge in [-0.15, -0.1) is 22.7 Å². The Labute approximate surface area is 332 Å². The van der Waals surface area contributed by atoms with Gasteiger partial charge in [-0.1, -0.05) is 170 Å². The molecule has 2 heterocycles. The minimum atomic E-state index is 1.26. The molecule has 0 nitrogen and oxygen atoms in total. The van der Waals surface area contributed by atoms with Crippen molar-refractivity contribution in [2.24, 2.45) is 0 Å². The van der Waals surface area contributed by atoms with Crippen molar-refractivity contribution >= 4 is 96.7 Å². The van der Waals surface area contributed by atoms with Gasteiger partial charge in [-0.05, 0) is 111 Å². The Morgan fingerprint density at radius 1 is 0.232 bits per heavy atom. The second-order valence-electron chi connectivity index (χ2n) is 14.7. The monoisotopic (exact) mass is 744 g/mol. The Balaban J connectivity index is 1.15. The van der Waals surface area contributed by atoms with Crippen LogP contribution in [0.15, 0.2) is 194 Å². The summed E-state index contributed by atoms with van der Waals surface area (Å²) in [5, 5.41) is 15.4. The molecule has 2 heteroatoms. The highest BCUT2D eigenvalue weighted by atomic mass is 32.1. The third kappa shape index (κ3) is 4.70. The van der Waals surface area contributed by atoms with E-state index >= 15 is 0 Å². The van der Waals surface area contributed by atoms with Gasteiger partial charge in [0.05, 0.1) is 0 Å². The molecule has 0 fully saturated rings. The molecule has 0 aliphatic carbocycles. The van der Waals surface area contributed by atoms with Crippen molar-refractivity contribution in [3.63, 3.8) is 0 Å². The maximum absolute atomic E-state index is 2.37. The number of hydrogen-bond acceptors (Lipinski definition) is 2. The number of rotatable bonds is 4. The summed E-state index contributed by atoms with van der Waals surface area (Å²) in [7, 11) is 0. The molecule has 0 radical (unpaired) electrons. The van der Waals surface area contributed by atoms with Crippen LogP contribution in [0.1, 0.15) is 0 Å².